The number of rotatable bonds is 4. The summed E-state index contributed by atoms with van der Waals surface area (Å²) in [6, 6.07) is 14.2. The van der Waals surface area contributed by atoms with E-state index in [0.717, 1.165) is 35.8 Å². The van der Waals surface area contributed by atoms with Gasteiger partial charge in [0.2, 0.25) is 5.91 Å². The minimum atomic E-state index is 0.199. The van der Waals surface area contributed by atoms with E-state index in [1.165, 1.54) is 11.1 Å². The zero-order chi connectivity index (χ0) is 16.2. The molecule has 23 heavy (non-hydrogen) atoms. The van der Waals surface area contributed by atoms with Crippen molar-refractivity contribution in [2.24, 2.45) is 0 Å². The third-order valence-corrected chi connectivity index (χ3v) is 4.73. The van der Waals surface area contributed by atoms with E-state index in [9.17, 15) is 4.79 Å². The summed E-state index contributed by atoms with van der Waals surface area (Å²) >= 11 is 6.11. The molecular formula is C19H21ClN2O. The van der Waals surface area contributed by atoms with Crippen molar-refractivity contribution in [2.45, 2.75) is 26.3 Å². The molecule has 0 saturated heterocycles. The Bertz CT molecular complexity index is 714. The molecule has 3 rings (SSSR count). The number of nitrogens with zero attached hydrogens (tertiary/aromatic N) is 1. The molecule has 0 fully saturated rings. The molecule has 0 atom stereocenters. The van der Waals surface area contributed by atoms with Gasteiger partial charge in [-0.3, -0.25) is 4.79 Å². The molecule has 0 aromatic heterocycles. The lowest BCUT2D eigenvalue weighted by Crippen LogP contribution is -2.36. The Balaban J connectivity index is 1.51. The molecule has 1 heterocycles. The number of hydrogen-bond acceptors (Lipinski definition) is 2. The first kappa shape index (κ1) is 15.9. The first-order valence-electron chi connectivity index (χ1n) is 7.98. The maximum atomic E-state index is 12.4. The normalized spacial score (nSPS) is 13.6. The van der Waals surface area contributed by atoms with E-state index < -0.39 is 0 Å². The molecule has 120 valence electrons. The van der Waals surface area contributed by atoms with Gasteiger partial charge in [0.15, 0.2) is 0 Å². The highest BCUT2D eigenvalue weighted by molar-refractivity contribution is 6.31. The first-order valence-corrected chi connectivity index (χ1v) is 8.36. The van der Waals surface area contributed by atoms with Crippen molar-refractivity contribution in [3.05, 3.63) is 64.2 Å². The fourth-order valence-corrected chi connectivity index (χ4v) is 3.06. The molecule has 0 aliphatic carbocycles. The number of benzene rings is 2. The molecule has 2 aromatic rings. The van der Waals surface area contributed by atoms with E-state index in [1.54, 1.807) is 0 Å². The molecule has 0 saturated carbocycles. The van der Waals surface area contributed by atoms with Gasteiger partial charge >= 0.3 is 0 Å². The van der Waals surface area contributed by atoms with Crippen molar-refractivity contribution >= 4 is 23.2 Å². The second-order valence-corrected chi connectivity index (χ2v) is 6.38. The highest BCUT2D eigenvalue weighted by atomic mass is 35.5. The zero-order valence-corrected chi connectivity index (χ0v) is 14.1. The first-order chi connectivity index (χ1) is 11.1. The number of anilines is 1. The third kappa shape index (κ3) is 3.85. The number of carbonyl (C=O) groups is 1. The van der Waals surface area contributed by atoms with Gasteiger partial charge < -0.3 is 10.2 Å². The molecule has 0 bridgehead atoms. The highest BCUT2D eigenvalue weighted by Crippen LogP contribution is 2.21. The van der Waals surface area contributed by atoms with Crippen molar-refractivity contribution in [1.29, 1.82) is 0 Å². The predicted octanol–water partition coefficient (Wildman–Crippen LogP) is 4.04. The smallest absolute Gasteiger partial charge is 0.224 e. The largest absolute Gasteiger partial charge is 0.384 e. The van der Waals surface area contributed by atoms with Crippen LogP contribution in [0.1, 0.15) is 23.1 Å². The third-order valence-electron chi connectivity index (χ3n) is 4.32. The van der Waals surface area contributed by atoms with E-state index in [1.807, 2.05) is 36.1 Å². The molecule has 4 heteroatoms. The monoisotopic (exact) mass is 328 g/mol. The van der Waals surface area contributed by atoms with E-state index in [2.05, 4.69) is 23.5 Å². The van der Waals surface area contributed by atoms with Crippen LogP contribution in [0.5, 0.6) is 0 Å². The Kier molecular flexibility index (Phi) is 4.87. The van der Waals surface area contributed by atoms with Gasteiger partial charge in [-0.15, -0.1) is 0 Å². The molecule has 1 aliphatic rings. The summed E-state index contributed by atoms with van der Waals surface area (Å²) in [5.74, 6) is 0.199. The van der Waals surface area contributed by atoms with Crippen LogP contribution in [0.3, 0.4) is 0 Å². The van der Waals surface area contributed by atoms with Crippen molar-refractivity contribution in [3.8, 4) is 0 Å². The summed E-state index contributed by atoms with van der Waals surface area (Å²) in [5, 5.41) is 4.01. The molecule has 1 aliphatic heterocycles. The average molecular weight is 329 g/mol. The summed E-state index contributed by atoms with van der Waals surface area (Å²) in [7, 11) is 0. The summed E-state index contributed by atoms with van der Waals surface area (Å²) in [6.07, 6.45) is 1.44. The SMILES string of the molecule is Cc1ccc(NCCC(=O)N2CCc3ccccc3C2)cc1Cl. The number of hydrogen-bond donors (Lipinski definition) is 1. The maximum absolute atomic E-state index is 12.4. The van der Waals surface area contributed by atoms with Gasteiger partial charge in [-0.05, 0) is 42.2 Å². The van der Waals surface area contributed by atoms with Crippen LogP contribution in [0, 0.1) is 6.92 Å². The van der Waals surface area contributed by atoms with Crippen LogP contribution in [-0.2, 0) is 17.8 Å². The maximum Gasteiger partial charge on any atom is 0.224 e. The van der Waals surface area contributed by atoms with Crippen LogP contribution in [-0.4, -0.2) is 23.9 Å². The lowest BCUT2D eigenvalue weighted by atomic mass is 10.00. The van der Waals surface area contributed by atoms with Crippen molar-refractivity contribution < 1.29 is 4.79 Å². The highest BCUT2D eigenvalue weighted by Gasteiger charge is 2.19. The fourth-order valence-electron chi connectivity index (χ4n) is 2.88. The Morgan fingerprint density at radius 1 is 1.22 bits per heavy atom. The predicted molar refractivity (Wildman–Crippen MR) is 94.9 cm³/mol. The summed E-state index contributed by atoms with van der Waals surface area (Å²) < 4.78 is 0. The van der Waals surface area contributed by atoms with E-state index in [0.29, 0.717) is 13.0 Å². The number of fused-ring (bicyclic) bond motifs is 1. The second kappa shape index (κ2) is 7.05. The molecule has 1 N–H and O–H groups in total. The summed E-state index contributed by atoms with van der Waals surface area (Å²) in [5.41, 5.74) is 4.65. The van der Waals surface area contributed by atoms with Gasteiger partial charge in [0.1, 0.15) is 0 Å². The van der Waals surface area contributed by atoms with E-state index in [-0.39, 0.29) is 5.91 Å². The Morgan fingerprint density at radius 3 is 2.78 bits per heavy atom. The lowest BCUT2D eigenvalue weighted by molar-refractivity contribution is -0.131. The summed E-state index contributed by atoms with van der Waals surface area (Å²) in [4.78, 5) is 14.3. The number of aryl methyl sites for hydroxylation is 1. The minimum Gasteiger partial charge on any atom is -0.384 e. The van der Waals surface area contributed by atoms with Crippen molar-refractivity contribution in [1.82, 2.24) is 4.90 Å². The van der Waals surface area contributed by atoms with E-state index >= 15 is 0 Å². The zero-order valence-electron chi connectivity index (χ0n) is 13.3. The molecule has 0 unspecified atom stereocenters. The van der Waals surface area contributed by atoms with Crippen LogP contribution in [0.4, 0.5) is 5.69 Å². The summed E-state index contributed by atoms with van der Waals surface area (Å²) in [6.45, 7) is 4.14. The molecule has 0 radical (unpaired) electrons. The second-order valence-electron chi connectivity index (χ2n) is 5.97. The average Bonchev–Trinajstić information content (AvgIpc) is 2.57. The Labute approximate surface area is 142 Å². The Hall–Kier alpha value is -2.00. The number of amides is 1. The van der Waals surface area contributed by atoms with Crippen LogP contribution >= 0.6 is 11.6 Å². The number of carbonyl (C=O) groups excluding carboxylic acids is 1. The van der Waals surface area contributed by atoms with Gasteiger partial charge in [-0.2, -0.15) is 0 Å². The van der Waals surface area contributed by atoms with Gasteiger partial charge in [-0.25, -0.2) is 0 Å². The van der Waals surface area contributed by atoms with Crippen LogP contribution in [0.15, 0.2) is 42.5 Å². The van der Waals surface area contributed by atoms with Crippen molar-refractivity contribution in [2.75, 3.05) is 18.4 Å². The van der Waals surface area contributed by atoms with Crippen LogP contribution in [0.25, 0.3) is 0 Å². The van der Waals surface area contributed by atoms with Crippen LogP contribution in [0.2, 0.25) is 5.02 Å². The van der Waals surface area contributed by atoms with Crippen molar-refractivity contribution in [3.63, 3.8) is 0 Å². The van der Waals surface area contributed by atoms with Gasteiger partial charge in [0.05, 0.1) is 0 Å². The fraction of sp³-hybridized carbons (Fsp3) is 0.316. The number of halogens is 1. The topological polar surface area (TPSA) is 32.3 Å². The van der Waals surface area contributed by atoms with Gasteiger partial charge in [-0.1, -0.05) is 41.9 Å². The molecule has 2 aromatic carbocycles. The number of nitrogens with one attached hydrogen (secondary N) is 1. The molecule has 1 amide bonds. The minimum absolute atomic E-state index is 0.199. The van der Waals surface area contributed by atoms with Gasteiger partial charge in [0, 0.05) is 36.8 Å². The van der Waals surface area contributed by atoms with Gasteiger partial charge in [0.25, 0.3) is 0 Å². The molecular weight excluding hydrogens is 308 g/mol. The Morgan fingerprint density at radius 2 is 2.00 bits per heavy atom. The molecule has 0 spiro atoms. The lowest BCUT2D eigenvalue weighted by Gasteiger charge is -2.29. The standard InChI is InChI=1S/C19H21ClN2O/c1-14-6-7-17(12-18(14)20)21-10-8-19(23)22-11-9-15-4-2-3-5-16(15)13-22/h2-7,12,21H,8-11,13H2,1H3. The quantitative estimate of drug-likeness (QED) is 0.918. The molecule has 3 nitrogen and oxygen atoms in total. The van der Waals surface area contributed by atoms with E-state index in [4.69, 9.17) is 11.6 Å². The van der Waals surface area contributed by atoms with Crippen LogP contribution < -0.4 is 5.32 Å².